The number of amidine groups is 2. The minimum atomic E-state index is -0.857. The smallest absolute Gasteiger partial charge is 0.317 e. The number of aliphatic carboxylic acids is 1. The average molecular weight is 464 g/mol. The van der Waals surface area contributed by atoms with E-state index in [0.29, 0.717) is 42.4 Å². The molecule has 0 bridgehead atoms. The zero-order valence-corrected chi connectivity index (χ0v) is 19.5. The molecule has 0 spiro atoms. The van der Waals surface area contributed by atoms with Gasteiger partial charge in [-0.25, -0.2) is 4.39 Å². The summed E-state index contributed by atoms with van der Waals surface area (Å²) in [6.45, 7) is 8.72. The number of hydrogen-bond acceptors (Lipinski definition) is 8. The average Bonchev–Trinajstić information content (AvgIpc) is 2.76. The van der Waals surface area contributed by atoms with Crippen LogP contribution in [-0.2, 0) is 16.1 Å². The number of halogens is 1. The van der Waals surface area contributed by atoms with Gasteiger partial charge in [0.05, 0.1) is 13.1 Å². The molecule has 0 atom stereocenters. The lowest BCUT2D eigenvalue weighted by Gasteiger charge is -2.26. The Balaban J connectivity index is 1.91. The monoisotopic (exact) mass is 463 g/mol. The molecular weight excluding hydrogens is 429 g/mol. The fourth-order valence-electron chi connectivity index (χ4n) is 3.45. The number of nitrogens with zero attached hydrogens (tertiary/aromatic N) is 4. The fourth-order valence-corrected chi connectivity index (χ4v) is 3.45. The van der Waals surface area contributed by atoms with Gasteiger partial charge in [-0.2, -0.15) is 10.2 Å². The highest BCUT2D eigenvalue weighted by Gasteiger charge is 2.15. The Hall–Kier alpha value is -3.05. The van der Waals surface area contributed by atoms with Crippen LogP contribution in [0.4, 0.5) is 4.39 Å². The number of benzene rings is 1. The molecule has 0 saturated heterocycles. The second kappa shape index (κ2) is 13.5. The Bertz CT molecular complexity index is 876. The number of amides is 1. The van der Waals surface area contributed by atoms with E-state index in [-0.39, 0.29) is 25.5 Å². The predicted molar refractivity (Wildman–Crippen MR) is 125 cm³/mol. The largest absolute Gasteiger partial charge is 0.480 e. The van der Waals surface area contributed by atoms with Crippen LogP contribution >= 0.6 is 0 Å². The van der Waals surface area contributed by atoms with E-state index in [2.05, 4.69) is 26.4 Å². The van der Waals surface area contributed by atoms with Gasteiger partial charge in [-0.3, -0.25) is 30.2 Å². The van der Waals surface area contributed by atoms with Crippen LogP contribution in [0.1, 0.15) is 44.7 Å². The maximum atomic E-state index is 14.1. The van der Waals surface area contributed by atoms with E-state index >= 15 is 0 Å². The summed E-state index contributed by atoms with van der Waals surface area (Å²) < 4.78 is 14.1. The summed E-state index contributed by atoms with van der Waals surface area (Å²) in [5.41, 5.74) is 6.62. The number of hydrogen-bond donors (Lipinski definition) is 4. The van der Waals surface area contributed by atoms with Crippen LogP contribution in [0.2, 0.25) is 0 Å². The first-order valence-electron chi connectivity index (χ1n) is 11.2. The van der Waals surface area contributed by atoms with E-state index in [1.54, 1.807) is 13.0 Å². The van der Waals surface area contributed by atoms with Crippen molar-refractivity contribution in [3.63, 3.8) is 0 Å². The molecule has 0 aromatic heterocycles. The molecule has 1 aliphatic rings. The third-order valence-electron chi connectivity index (χ3n) is 4.92. The summed E-state index contributed by atoms with van der Waals surface area (Å²) in [6.07, 6.45) is 1.74. The summed E-state index contributed by atoms with van der Waals surface area (Å²) in [5.74, 6) is -0.483. The Kier molecular flexibility index (Phi) is 10.7. The molecule has 1 heterocycles. The van der Waals surface area contributed by atoms with Gasteiger partial charge >= 0.3 is 5.97 Å². The second-order valence-corrected chi connectivity index (χ2v) is 7.95. The van der Waals surface area contributed by atoms with Crippen molar-refractivity contribution >= 4 is 23.5 Å². The van der Waals surface area contributed by atoms with Crippen LogP contribution in [0, 0.1) is 5.82 Å². The van der Waals surface area contributed by atoms with Crippen molar-refractivity contribution in [3.8, 4) is 0 Å². The van der Waals surface area contributed by atoms with Gasteiger partial charge in [-0.05, 0) is 56.6 Å². The van der Waals surface area contributed by atoms with Crippen molar-refractivity contribution in [3.05, 3.63) is 35.1 Å². The zero-order chi connectivity index (χ0) is 24.2. The lowest BCUT2D eigenvalue weighted by molar-refractivity contribution is -0.138. The van der Waals surface area contributed by atoms with Crippen LogP contribution in [0.15, 0.2) is 28.4 Å². The molecule has 0 fully saturated rings. The summed E-state index contributed by atoms with van der Waals surface area (Å²) >= 11 is 0. The van der Waals surface area contributed by atoms with E-state index in [1.807, 2.05) is 23.6 Å². The molecule has 1 aromatic carbocycles. The molecule has 2 rings (SSSR count). The normalized spacial score (nSPS) is 13.3. The van der Waals surface area contributed by atoms with Gasteiger partial charge in [0.15, 0.2) is 5.84 Å². The van der Waals surface area contributed by atoms with Crippen LogP contribution in [-0.4, -0.2) is 77.7 Å². The van der Waals surface area contributed by atoms with Crippen molar-refractivity contribution in [1.29, 1.82) is 0 Å². The highest BCUT2D eigenvalue weighted by molar-refractivity contribution is 6.01. The summed E-state index contributed by atoms with van der Waals surface area (Å²) in [4.78, 5) is 27.5. The van der Waals surface area contributed by atoms with Gasteiger partial charge in [0, 0.05) is 25.2 Å². The SMILES string of the molecule is CCCN(CCN(CCC)CC(=O)NCc1cc(F)cc(C2=NNC(C)=NN2)c1)CC(=O)O. The van der Waals surface area contributed by atoms with E-state index < -0.39 is 11.8 Å². The van der Waals surface area contributed by atoms with Crippen molar-refractivity contribution in [1.82, 2.24) is 26.0 Å². The molecule has 0 unspecified atom stereocenters. The van der Waals surface area contributed by atoms with Gasteiger partial charge < -0.3 is 10.4 Å². The molecular formula is C22H34FN7O3. The molecule has 10 nitrogen and oxygen atoms in total. The summed E-state index contributed by atoms with van der Waals surface area (Å²) in [6, 6.07) is 4.45. The maximum Gasteiger partial charge on any atom is 0.317 e. The topological polar surface area (TPSA) is 122 Å². The van der Waals surface area contributed by atoms with Gasteiger partial charge in [-0.15, -0.1) is 0 Å². The molecule has 1 aromatic rings. The number of hydrazone groups is 2. The Labute approximate surface area is 193 Å². The number of carbonyl (C=O) groups is 2. The fraction of sp³-hybridized carbons (Fsp3) is 0.545. The minimum Gasteiger partial charge on any atom is -0.480 e. The van der Waals surface area contributed by atoms with Crippen LogP contribution in [0.5, 0.6) is 0 Å². The number of carboxylic acid groups (broad SMARTS) is 1. The van der Waals surface area contributed by atoms with Crippen LogP contribution < -0.4 is 16.2 Å². The lowest BCUT2D eigenvalue weighted by Crippen LogP contribution is -2.42. The quantitative estimate of drug-likeness (QED) is 0.326. The summed E-state index contributed by atoms with van der Waals surface area (Å²) in [7, 11) is 0. The molecule has 182 valence electrons. The van der Waals surface area contributed by atoms with Crippen molar-refractivity contribution in [2.45, 2.75) is 40.2 Å². The van der Waals surface area contributed by atoms with Crippen molar-refractivity contribution in [2.75, 3.05) is 39.3 Å². The number of rotatable bonds is 14. The highest BCUT2D eigenvalue weighted by Crippen LogP contribution is 2.11. The standard InChI is InChI=1S/C22H34FN7O3/c1-4-6-29(8-9-30(7-5-2)15-21(32)33)14-20(31)24-13-17-10-18(12-19(23)11-17)22-27-25-16(3)26-28-22/h10-12H,4-9,13-15H2,1-3H3,(H,24,31)(H,25,26)(H,27,28)(H,32,33). The first-order valence-corrected chi connectivity index (χ1v) is 11.2. The molecule has 0 radical (unpaired) electrons. The first kappa shape index (κ1) is 26.2. The third-order valence-corrected chi connectivity index (χ3v) is 4.92. The van der Waals surface area contributed by atoms with E-state index in [0.717, 1.165) is 19.4 Å². The molecule has 0 saturated carbocycles. The third kappa shape index (κ3) is 9.54. The molecule has 1 aliphatic heterocycles. The van der Waals surface area contributed by atoms with Crippen LogP contribution in [0.3, 0.4) is 0 Å². The molecule has 33 heavy (non-hydrogen) atoms. The zero-order valence-electron chi connectivity index (χ0n) is 19.5. The van der Waals surface area contributed by atoms with E-state index in [1.165, 1.54) is 12.1 Å². The molecule has 0 aliphatic carbocycles. The van der Waals surface area contributed by atoms with Crippen LogP contribution in [0.25, 0.3) is 0 Å². The first-order chi connectivity index (χ1) is 15.8. The Morgan fingerprint density at radius 3 is 2.24 bits per heavy atom. The number of carboxylic acids is 1. The minimum absolute atomic E-state index is 0.0115. The van der Waals surface area contributed by atoms with Gasteiger partial charge in [0.2, 0.25) is 5.91 Å². The van der Waals surface area contributed by atoms with Crippen molar-refractivity contribution in [2.24, 2.45) is 10.2 Å². The molecule has 1 amide bonds. The van der Waals surface area contributed by atoms with Gasteiger partial charge in [-0.1, -0.05) is 13.8 Å². The number of carbonyl (C=O) groups excluding carboxylic acids is 1. The molecule has 11 heteroatoms. The predicted octanol–water partition coefficient (Wildman–Crippen LogP) is 1.14. The van der Waals surface area contributed by atoms with Crippen molar-refractivity contribution < 1.29 is 19.1 Å². The Morgan fingerprint density at radius 2 is 1.67 bits per heavy atom. The highest BCUT2D eigenvalue weighted by atomic mass is 19.1. The summed E-state index contributed by atoms with van der Waals surface area (Å²) in [5, 5.41) is 20.0. The second-order valence-electron chi connectivity index (χ2n) is 7.95. The number of nitrogens with one attached hydrogen (secondary N) is 3. The maximum absolute atomic E-state index is 14.1. The Morgan fingerprint density at radius 1 is 1.00 bits per heavy atom. The molecule has 4 N–H and O–H groups in total. The van der Waals surface area contributed by atoms with Gasteiger partial charge in [0.1, 0.15) is 11.7 Å². The van der Waals surface area contributed by atoms with E-state index in [4.69, 9.17) is 5.11 Å². The van der Waals surface area contributed by atoms with E-state index in [9.17, 15) is 14.0 Å². The van der Waals surface area contributed by atoms with Gasteiger partial charge in [0.25, 0.3) is 0 Å². The lowest BCUT2D eigenvalue weighted by atomic mass is 10.1.